The van der Waals surface area contributed by atoms with E-state index in [2.05, 4.69) is 11.6 Å². The number of hydrogen-bond acceptors (Lipinski definition) is 4. The summed E-state index contributed by atoms with van der Waals surface area (Å²) in [6.07, 6.45) is 1.83. The Bertz CT molecular complexity index is 1050. The summed E-state index contributed by atoms with van der Waals surface area (Å²) in [5.41, 5.74) is 1.91. The molecule has 148 valence electrons. The van der Waals surface area contributed by atoms with Crippen LogP contribution in [-0.2, 0) is 14.8 Å². The highest BCUT2D eigenvalue weighted by atomic mass is 35.5. The summed E-state index contributed by atoms with van der Waals surface area (Å²) in [6, 6.07) is 10.1. The molecule has 0 unspecified atom stereocenters. The van der Waals surface area contributed by atoms with E-state index in [0.29, 0.717) is 22.9 Å². The molecule has 1 fully saturated rings. The summed E-state index contributed by atoms with van der Waals surface area (Å²) in [5.74, 6) is 0.178. The highest BCUT2D eigenvalue weighted by Gasteiger charge is 2.37. The third-order valence-electron chi connectivity index (χ3n) is 4.94. The Morgan fingerprint density at radius 3 is 2.68 bits per heavy atom. The maximum atomic E-state index is 13.0. The first-order valence-corrected chi connectivity index (χ1v) is 11.9. The first-order chi connectivity index (χ1) is 13.2. The molecular weight excluding hydrogens is 416 g/mol. The molecule has 0 aromatic heterocycles. The van der Waals surface area contributed by atoms with Gasteiger partial charge in [-0.05, 0) is 55.7 Å². The van der Waals surface area contributed by atoms with E-state index < -0.39 is 10.0 Å². The van der Waals surface area contributed by atoms with Crippen molar-refractivity contribution in [2.24, 2.45) is 5.92 Å². The van der Waals surface area contributed by atoms with Crippen molar-refractivity contribution in [3.63, 3.8) is 0 Å². The van der Waals surface area contributed by atoms with E-state index in [1.54, 1.807) is 53.1 Å². The zero-order valence-corrected chi connectivity index (χ0v) is 18.0. The Balaban J connectivity index is 1.70. The molecule has 4 rings (SSSR count). The standard InChI is InChI=1S/C20H21ClN2O3S2/c1-12-3-6-15(21)9-17(12)22-28(25,26)16-7-8-19-18(10-16)23(11-13(2)27-19)20(24)14-4-5-14/h3,6-10,13-14,22H,4-5,11H2,1-2H3/t13-/m1/s1. The van der Waals surface area contributed by atoms with E-state index in [9.17, 15) is 13.2 Å². The normalized spacial score (nSPS) is 19.2. The number of thioether (sulfide) groups is 1. The summed E-state index contributed by atoms with van der Waals surface area (Å²) >= 11 is 7.67. The fourth-order valence-electron chi connectivity index (χ4n) is 3.25. The fourth-order valence-corrected chi connectivity index (χ4v) is 5.66. The highest BCUT2D eigenvalue weighted by molar-refractivity contribution is 8.00. The van der Waals surface area contributed by atoms with Gasteiger partial charge in [-0.15, -0.1) is 11.8 Å². The van der Waals surface area contributed by atoms with Gasteiger partial charge in [-0.1, -0.05) is 24.6 Å². The van der Waals surface area contributed by atoms with E-state index in [0.717, 1.165) is 23.3 Å². The van der Waals surface area contributed by atoms with Crippen molar-refractivity contribution in [2.45, 2.75) is 41.7 Å². The van der Waals surface area contributed by atoms with Crippen LogP contribution < -0.4 is 9.62 Å². The zero-order valence-electron chi connectivity index (χ0n) is 15.6. The van der Waals surface area contributed by atoms with Crippen LogP contribution in [0.3, 0.4) is 0 Å². The van der Waals surface area contributed by atoms with Gasteiger partial charge in [0.1, 0.15) is 0 Å². The lowest BCUT2D eigenvalue weighted by Crippen LogP contribution is -2.39. The number of hydrogen-bond donors (Lipinski definition) is 1. The third-order valence-corrected chi connectivity index (χ3v) is 7.68. The van der Waals surface area contributed by atoms with Crippen LogP contribution in [-0.4, -0.2) is 26.1 Å². The van der Waals surface area contributed by atoms with Crippen LogP contribution >= 0.6 is 23.4 Å². The van der Waals surface area contributed by atoms with Crippen LogP contribution in [0.15, 0.2) is 46.2 Å². The van der Waals surface area contributed by atoms with E-state index in [4.69, 9.17) is 11.6 Å². The molecule has 1 aliphatic heterocycles. The molecule has 2 aliphatic rings. The van der Waals surface area contributed by atoms with Gasteiger partial charge < -0.3 is 4.90 Å². The van der Waals surface area contributed by atoms with Crippen molar-refractivity contribution in [3.8, 4) is 0 Å². The first kappa shape index (κ1) is 19.6. The summed E-state index contributed by atoms with van der Waals surface area (Å²) in [7, 11) is -3.81. The predicted molar refractivity (Wildman–Crippen MR) is 114 cm³/mol. The van der Waals surface area contributed by atoms with Gasteiger partial charge in [0, 0.05) is 27.6 Å². The monoisotopic (exact) mass is 436 g/mol. The van der Waals surface area contributed by atoms with Crippen molar-refractivity contribution >= 4 is 50.7 Å². The lowest BCUT2D eigenvalue weighted by Gasteiger charge is -2.33. The minimum atomic E-state index is -3.81. The van der Waals surface area contributed by atoms with Crippen molar-refractivity contribution in [2.75, 3.05) is 16.2 Å². The van der Waals surface area contributed by atoms with Gasteiger partial charge in [-0.2, -0.15) is 0 Å². The minimum Gasteiger partial charge on any atom is -0.310 e. The zero-order chi connectivity index (χ0) is 20.1. The van der Waals surface area contributed by atoms with Gasteiger partial charge in [0.05, 0.1) is 16.3 Å². The molecule has 0 saturated heterocycles. The van der Waals surface area contributed by atoms with Gasteiger partial charge in [0.25, 0.3) is 10.0 Å². The summed E-state index contributed by atoms with van der Waals surface area (Å²) < 4.78 is 28.6. The Hall–Kier alpha value is -1.70. The molecule has 2 aromatic carbocycles. The summed E-state index contributed by atoms with van der Waals surface area (Å²) in [4.78, 5) is 15.6. The van der Waals surface area contributed by atoms with Crippen LogP contribution in [0.25, 0.3) is 0 Å². The number of amides is 1. The van der Waals surface area contributed by atoms with Crippen molar-refractivity contribution in [1.29, 1.82) is 0 Å². The largest absolute Gasteiger partial charge is 0.310 e. The number of aryl methyl sites for hydroxylation is 1. The van der Waals surface area contributed by atoms with Crippen LogP contribution in [0.5, 0.6) is 0 Å². The quantitative estimate of drug-likeness (QED) is 0.755. The molecule has 1 N–H and O–H groups in total. The molecular formula is C20H21ClN2O3S2. The molecule has 5 nitrogen and oxygen atoms in total. The molecule has 0 bridgehead atoms. The van der Waals surface area contributed by atoms with Crippen molar-refractivity contribution in [1.82, 2.24) is 0 Å². The lowest BCUT2D eigenvalue weighted by molar-refractivity contribution is -0.119. The van der Waals surface area contributed by atoms with E-state index in [1.807, 2.05) is 6.92 Å². The number of fused-ring (bicyclic) bond motifs is 1. The second-order valence-corrected chi connectivity index (χ2v) is 10.9. The number of anilines is 2. The minimum absolute atomic E-state index is 0.0793. The highest BCUT2D eigenvalue weighted by Crippen LogP contribution is 2.42. The molecule has 2 aromatic rings. The maximum Gasteiger partial charge on any atom is 0.261 e. The SMILES string of the molecule is Cc1ccc(Cl)cc1NS(=O)(=O)c1ccc2c(c1)N(C(=O)C1CC1)C[C@@H](C)S2. The average molecular weight is 437 g/mol. The maximum absolute atomic E-state index is 13.0. The molecule has 1 heterocycles. The van der Waals surface area contributed by atoms with Crippen LogP contribution in [0.2, 0.25) is 5.02 Å². The Morgan fingerprint density at radius 2 is 1.96 bits per heavy atom. The van der Waals surface area contributed by atoms with E-state index >= 15 is 0 Å². The Morgan fingerprint density at radius 1 is 1.21 bits per heavy atom. The average Bonchev–Trinajstić information content (AvgIpc) is 3.48. The van der Waals surface area contributed by atoms with Crippen LogP contribution in [0.4, 0.5) is 11.4 Å². The number of halogens is 1. The molecule has 1 atom stereocenters. The Kier molecular flexibility index (Phi) is 5.10. The molecule has 0 radical (unpaired) electrons. The van der Waals surface area contributed by atoms with Gasteiger partial charge >= 0.3 is 0 Å². The van der Waals surface area contributed by atoms with E-state index in [1.165, 1.54) is 0 Å². The number of nitrogens with one attached hydrogen (secondary N) is 1. The second-order valence-electron chi connectivity index (χ2n) is 7.35. The molecule has 0 spiro atoms. The van der Waals surface area contributed by atoms with Gasteiger partial charge in [0.2, 0.25) is 5.91 Å². The molecule has 1 saturated carbocycles. The number of carbonyl (C=O) groups is 1. The van der Waals surface area contributed by atoms with Crippen LogP contribution in [0.1, 0.15) is 25.3 Å². The number of nitrogens with zero attached hydrogens (tertiary/aromatic N) is 1. The molecule has 8 heteroatoms. The van der Waals surface area contributed by atoms with Crippen molar-refractivity contribution in [3.05, 3.63) is 47.0 Å². The summed E-state index contributed by atoms with van der Waals surface area (Å²) in [5, 5.41) is 0.727. The van der Waals surface area contributed by atoms with Gasteiger partial charge in [-0.25, -0.2) is 8.42 Å². The van der Waals surface area contributed by atoms with Crippen LogP contribution in [0, 0.1) is 12.8 Å². The van der Waals surface area contributed by atoms with Gasteiger partial charge in [0.15, 0.2) is 0 Å². The third kappa shape index (κ3) is 3.88. The molecule has 1 aliphatic carbocycles. The van der Waals surface area contributed by atoms with E-state index in [-0.39, 0.29) is 22.0 Å². The number of sulfonamides is 1. The smallest absolute Gasteiger partial charge is 0.261 e. The van der Waals surface area contributed by atoms with Crippen molar-refractivity contribution < 1.29 is 13.2 Å². The number of benzene rings is 2. The number of rotatable bonds is 4. The Labute approximate surface area is 174 Å². The second kappa shape index (κ2) is 7.28. The summed E-state index contributed by atoms with van der Waals surface area (Å²) in [6.45, 7) is 4.49. The lowest BCUT2D eigenvalue weighted by atomic mass is 10.2. The van der Waals surface area contributed by atoms with Gasteiger partial charge in [-0.3, -0.25) is 9.52 Å². The fraction of sp³-hybridized carbons (Fsp3) is 0.350. The first-order valence-electron chi connectivity index (χ1n) is 9.15. The number of carbonyl (C=O) groups excluding carboxylic acids is 1. The predicted octanol–water partition coefficient (Wildman–Crippen LogP) is 4.69. The molecule has 1 amide bonds. The topological polar surface area (TPSA) is 66.5 Å². The molecule has 28 heavy (non-hydrogen) atoms.